The molecule has 8 heteroatoms. The van der Waals surface area contributed by atoms with Crippen LogP contribution in [0.3, 0.4) is 0 Å². The number of anilines is 1. The van der Waals surface area contributed by atoms with Crippen molar-refractivity contribution in [3.8, 4) is 17.4 Å². The second-order valence-electron chi connectivity index (χ2n) is 7.26. The summed E-state index contributed by atoms with van der Waals surface area (Å²) in [6.45, 7) is 1.95. The highest BCUT2D eigenvalue weighted by atomic mass is 16.5. The van der Waals surface area contributed by atoms with Gasteiger partial charge in [-0.25, -0.2) is 4.98 Å². The molecule has 2 aromatic carbocycles. The Morgan fingerprint density at radius 3 is 2.67 bits per heavy atom. The van der Waals surface area contributed by atoms with E-state index in [0.717, 1.165) is 27.9 Å². The second kappa shape index (κ2) is 6.91. The molecule has 1 aliphatic heterocycles. The fourth-order valence-electron chi connectivity index (χ4n) is 4.09. The molecular formula is C22H21N5O3. The van der Waals surface area contributed by atoms with Crippen molar-refractivity contribution in [1.29, 1.82) is 0 Å². The topological polar surface area (TPSA) is 94.1 Å². The Labute approximate surface area is 172 Å². The molecule has 3 heterocycles. The summed E-state index contributed by atoms with van der Waals surface area (Å²) < 4.78 is 12.5. The minimum atomic E-state index is -0.147. The standard InChI is InChI=1S/C22H21N5O3/c1-12-20-14(13-8-9-17(29-2)18(10-13)30-3)11-19(28)25-21(20)27(26-12)22-23-15-6-4-5-7-16(15)24-22/h4-10,14H,11H2,1-3H3,(H,23,24)(H,25,28)/t14-/m0/s1. The largest absolute Gasteiger partial charge is 0.493 e. The van der Waals surface area contributed by atoms with E-state index in [2.05, 4.69) is 15.3 Å². The molecule has 0 spiro atoms. The molecule has 8 nitrogen and oxygen atoms in total. The van der Waals surface area contributed by atoms with Gasteiger partial charge in [-0.1, -0.05) is 18.2 Å². The quantitative estimate of drug-likeness (QED) is 0.543. The second-order valence-corrected chi connectivity index (χ2v) is 7.26. The smallest absolute Gasteiger partial charge is 0.231 e. The van der Waals surface area contributed by atoms with Crippen molar-refractivity contribution in [3.05, 3.63) is 59.3 Å². The highest BCUT2D eigenvalue weighted by molar-refractivity contribution is 5.95. The van der Waals surface area contributed by atoms with Crippen LogP contribution >= 0.6 is 0 Å². The average molecular weight is 403 g/mol. The number of imidazole rings is 1. The molecule has 0 saturated heterocycles. The highest BCUT2D eigenvalue weighted by Crippen LogP contribution is 2.42. The van der Waals surface area contributed by atoms with Gasteiger partial charge < -0.3 is 19.8 Å². The zero-order chi connectivity index (χ0) is 20.8. The lowest BCUT2D eigenvalue weighted by Gasteiger charge is -2.24. The van der Waals surface area contributed by atoms with Gasteiger partial charge >= 0.3 is 0 Å². The number of para-hydroxylation sites is 2. The predicted molar refractivity (Wildman–Crippen MR) is 113 cm³/mol. The maximum Gasteiger partial charge on any atom is 0.231 e. The molecule has 0 unspecified atom stereocenters. The van der Waals surface area contributed by atoms with Crippen LogP contribution in [0.2, 0.25) is 0 Å². The van der Waals surface area contributed by atoms with Gasteiger partial charge in [-0.2, -0.15) is 9.78 Å². The van der Waals surface area contributed by atoms with E-state index in [9.17, 15) is 4.79 Å². The van der Waals surface area contributed by atoms with Gasteiger partial charge in [0.25, 0.3) is 0 Å². The fraction of sp³-hybridized carbons (Fsp3) is 0.227. The van der Waals surface area contributed by atoms with Gasteiger partial charge in [-0.15, -0.1) is 0 Å². The minimum Gasteiger partial charge on any atom is -0.493 e. The lowest BCUT2D eigenvalue weighted by molar-refractivity contribution is -0.116. The molecule has 0 bridgehead atoms. The summed E-state index contributed by atoms with van der Waals surface area (Å²) in [5, 5.41) is 7.69. The number of rotatable bonds is 4. The maximum absolute atomic E-state index is 12.6. The molecule has 5 rings (SSSR count). The van der Waals surface area contributed by atoms with Crippen LogP contribution in [0.4, 0.5) is 5.82 Å². The number of aromatic amines is 1. The Bertz CT molecular complexity index is 1240. The number of methoxy groups -OCH3 is 2. The average Bonchev–Trinajstić information content (AvgIpc) is 3.33. The number of benzene rings is 2. The van der Waals surface area contributed by atoms with Gasteiger partial charge in [0, 0.05) is 17.9 Å². The molecular weight excluding hydrogens is 382 g/mol. The molecule has 1 atom stereocenters. The number of amides is 1. The van der Waals surface area contributed by atoms with Crippen molar-refractivity contribution in [2.45, 2.75) is 19.3 Å². The summed E-state index contributed by atoms with van der Waals surface area (Å²) in [6.07, 6.45) is 0.329. The van der Waals surface area contributed by atoms with Crippen LogP contribution in [0.5, 0.6) is 11.5 Å². The third kappa shape index (κ3) is 2.80. The van der Waals surface area contributed by atoms with E-state index in [1.165, 1.54) is 0 Å². The van der Waals surface area contributed by atoms with Crippen LogP contribution in [0.25, 0.3) is 17.0 Å². The number of carbonyl (C=O) groups is 1. The van der Waals surface area contributed by atoms with E-state index in [-0.39, 0.29) is 11.8 Å². The molecule has 0 fully saturated rings. The van der Waals surface area contributed by atoms with Gasteiger partial charge in [0.05, 0.1) is 30.9 Å². The van der Waals surface area contributed by atoms with E-state index in [1.54, 1.807) is 18.9 Å². The molecule has 1 amide bonds. The number of aromatic nitrogens is 4. The number of hydrogen-bond acceptors (Lipinski definition) is 5. The van der Waals surface area contributed by atoms with Crippen molar-refractivity contribution >= 4 is 22.8 Å². The number of nitrogens with one attached hydrogen (secondary N) is 2. The molecule has 1 aliphatic rings. The van der Waals surface area contributed by atoms with E-state index in [4.69, 9.17) is 14.6 Å². The number of hydrogen-bond donors (Lipinski definition) is 2. The van der Waals surface area contributed by atoms with Crippen molar-refractivity contribution in [1.82, 2.24) is 19.7 Å². The maximum atomic E-state index is 12.6. The Morgan fingerprint density at radius 2 is 1.90 bits per heavy atom. The number of H-pyrrole nitrogens is 1. The van der Waals surface area contributed by atoms with E-state index in [0.29, 0.717) is 29.7 Å². The van der Waals surface area contributed by atoms with Crippen molar-refractivity contribution in [2.24, 2.45) is 0 Å². The van der Waals surface area contributed by atoms with Crippen LogP contribution in [0.15, 0.2) is 42.5 Å². The third-order valence-corrected chi connectivity index (χ3v) is 5.49. The van der Waals surface area contributed by atoms with Gasteiger partial charge in [-0.3, -0.25) is 4.79 Å². The zero-order valence-electron chi connectivity index (χ0n) is 16.9. The SMILES string of the molecule is COc1ccc([C@@H]2CC(=O)Nc3c2c(C)nn3-c2nc3ccccc3[nH]2)cc1OC. The van der Waals surface area contributed by atoms with Gasteiger partial charge in [0.15, 0.2) is 11.5 Å². The summed E-state index contributed by atoms with van der Waals surface area (Å²) in [6, 6.07) is 13.5. The number of carbonyl (C=O) groups excluding carboxylic acids is 1. The van der Waals surface area contributed by atoms with Crippen molar-refractivity contribution in [3.63, 3.8) is 0 Å². The lowest BCUT2D eigenvalue weighted by Crippen LogP contribution is -2.25. The summed E-state index contributed by atoms with van der Waals surface area (Å²) in [4.78, 5) is 20.5. The van der Waals surface area contributed by atoms with Gasteiger partial charge in [0.2, 0.25) is 11.9 Å². The summed E-state index contributed by atoms with van der Waals surface area (Å²) in [5.41, 5.74) is 4.53. The first-order valence-electron chi connectivity index (χ1n) is 9.65. The zero-order valence-corrected chi connectivity index (χ0v) is 16.9. The Balaban J connectivity index is 1.65. The number of ether oxygens (including phenoxy) is 2. The molecule has 30 heavy (non-hydrogen) atoms. The molecule has 152 valence electrons. The fourth-order valence-corrected chi connectivity index (χ4v) is 4.09. The molecule has 0 radical (unpaired) electrons. The Hall–Kier alpha value is -3.81. The third-order valence-electron chi connectivity index (χ3n) is 5.49. The lowest BCUT2D eigenvalue weighted by atomic mass is 9.85. The highest BCUT2D eigenvalue weighted by Gasteiger charge is 2.33. The first-order valence-corrected chi connectivity index (χ1v) is 9.65. The van der Waals surface area contributed by atoms with Crippen molar-refractivity contribution < 1.29 is 14.3 Å². The number of nitrogens with zero attached hydrogens (tertiary/aromatic N) is 3. The van der Waals surface area contributed by atoms with E-state index >= 15 is 0 Å². The molecule has 4 aromatic rings. The molecule has 0 aliphatic carbocycles. The Kier molecular flexibility index (Phi) is 4.20. The van der Waals surface area contributed by atoms with E-state index in [1.807, 2.05) is 49.4 Å². The van der Waals surface area contributed by atoms with Crippen LogP contribution < -0.4 is 14.8 Å². The van der Waals surface area contributed by atoms with Crippen LogP contribution in [-0.2, 0) is 4.79 Å². The number of aryl methyl sites for hydroxylation is 1. The normalized spacial score (nSPS) is 15.7. The first kappa shape index (κ1) is 18.2. The summed E-state index contributed by atoms with van der Waals surface area (Å²) in [7, 11) is 3.21. The van der Waals surface area contributed by atoms with Gasteiger partial charge in [-0.05, 0) is 36.8 Å². The minimum absolute atomic E-state index is 0.0699. The van der Waals surface area contributed by atoms with Crippen LogP contribution in [0, 0.1) is 6.92 Å². The molecule has 2 N–H and O–H groups in total. The summed E-state index contributed by atoms with van der Waals surface area (Å²) >= 11 is 0. The first-order chi connectivity index (χ1) is 14.6. The molecule has 2 aromatic heterocycles. The monoisotopic (exact) mass is 403 g/mol. The van der Waals surface area contributed by atoms with Crippen molar-refractivity contribution in [2.75, 3.05) is 19.5 Å². The van der Waals surface area contributed by atoms with Crippen LogP contribution in [-0.4, -0.2) is 39.9 Å². The van der Waals surface area contributed by atoms with Gasteiger partial charge in [0.1, 0.15) is 5.82 Å². The van der Waals surface area contributed by atoms with Crippen LogP contribution in [0.1, 0.15) is 29.2 Å². The molecule has 0 saturated carbocycles. The Morgan fingerprint density at radius 1 is 1.10 bits per heavy atom. The van der Waals surface area contributed by atoms with E-state index < -0.39 is 0 Å². The number of fused-ring (bicyclic) bond motifs is 2. The summed E-state index contributed by atoms with van der Waals surface area (Å²) in [5.74, 6) is 2.27. The predicted octanol–water partition coefficient (Wildman–Crippen LogP) is 3.55.